The van der Waals surface area contributed by atoms with Crippen LogP contribution in [0.25, 0.3) is 0 Å². The summed E-state index contributed by atoms with van der Waals surface area (Å²) in [4.78, 5) is 0. The Morgan fingerprint density at radius 3 is 2.56 bits per heavy atom. The molecule has 0 aliphatic heterocycles. The molecule has 0 radical (unpaired) electrons. The average molecular weight is 225 g/mol. The van der Waals surface area contributed by atoms with E-state index in [9.17, 15) is 5.11 Å². The molecule has 0 spiro atoms. The molecule has 0 saturated heterocycles. The molecule has 0 aromatic heterocycles. The number of methoxy groups -OCH3 is 1. The van der Waals surface area contributed by atoms with Gasteiger partial charge in [-0.2, -0.15) is 0 Å². The summed E-state index contributed by atoms with van der Waals surface area (Å²) in [5, 5.41) is 21.0. The van der Waals surface area contributed by atoms with E-state index in [1.54, 1.807) is 7.11 Å². The third-order valence-electron chi connectivity index (χ3n) is 2.70. The van der Waals surface area contributed by atoms with Crippen LogP contribution in [0.2, 0.25) is 0 Å². The zero-order valence-electron chi connectivity index (χ0n) is 9.95. The molecule has 1 atom stereocenters. The molecule has 1 aromatic rings. The minimum atomic E-state index is -0.734. The number of aliphatic hydroxyl groups is 2. The van der Waals surface area contributed by atoms with Gasteiger partial charge in [-0.05, 0) is 37.1 Å². The van der Waals surface area contributed by atoms with Crippen molar-refractivity contribution in [2.75, 3.05) is 25.6 Å². The summed E-state index contributed by atoms with van der Waals surface area (Å²) < 4.78 is 5.21. The Labute approximate surface area is 95.9 Å². The van der Waals surface area contributed by atoms with Crippen LogP contribution < -0.4 is 10.1 Å². The summed E-state index contributed by atoms with van der Waals surface area (Å²) in [7, 11) is 1.64. The maximum Gasteiger partial charge on any atom is 0.122 e. The Bertz CT molecular complexity index is 352. The highest BCUT2D eigenvalue weighted by molar-refractivity contribution is 5.58. The van der Waals surface area contributed by atoms with Crippen LogP contribution in [0.4, 0.5) is 5.69 Å². The second kappa shape index (κ2) is 5.72. The molecule has 0 fully saturated rings. The van der Waals surface area contributed by atoms with Crippen LogP contribution in [0, 0.1) is 13.8 Å². The summed E-state index contributed by atoms with van der Waals surface area (Å²) in [5.74, 6) is 0.853. The first kappa shape index (κ1) is 12.8. The molecule has 4 heteroatoms. The van der Waals surface area contributed by atoms with Crippen LogP contribution in [0.1, 0.15) is 11.1 Å². The fourth-order valence-electron chi connectivity index (χ4n) is 1.50. The van der Waals surface area contributed by atoms with Crippen LogP contribution in [-0.2, 0) is 0 Å². The van der Waals surface area contributed by atoms with E-state index in [4.69, 9.17) is 9.84 Å². The van der Waals surface area contributed by atoms with Gasteiger partial charge in [0.15, 0.2) is 0 Å². The van der Waals surface area contributed by atoms with Gasteiger partial charge >= 0.3 is 0 Å². The minimum Gasteiger partial charge on any atom is -0.496 e. The second-order valence-corrected chi connectivity index (χ2v) is 3.78. The fraction of sp³-hybridized carbons (Fsp3) is 0.500. The van der Waals surface area contributed by atoms with E-state index in [1.807, 2.05) is 26.0 Å². The number of aliphatic hydroxyl groups excluding tert-OH is 2. The van der Waals surface area contributed by atoms with Gasteiger partial charge in [0.25, 0.3) is 0 Å². The molecular formula is C12H19NO3. The molecule has 0 saturated carbocycles. The van der Waals surface area contributed by atoms with Crippen molar-refractivity contribution in [2.45, 2.75) is 20.0 Å². The summed E-state index contributed by atoms with van der Waals surface area (Å²) >= 11 is 0. The van der Waals surface area contributed by atoms with Crippen LogP contribution in [-0.4, -0.2) is 36.6 Å². The monoisotopic (exact) mass is 225 g/mol. The standard InChI is InChI=1S/C12H19NO3/c1-8-9(2)12(16-3)5-4-11(8)13-6-10(15)7-14/h4-5,10,13-15H,6-7H2,1-3H3. The molecule has 3 N–H and O–H groups in total. The Hall–Kier alpha value is -1.26. The Balaban J connectivity index is 2.78. The van der Waals surface area contributed by atoms with E-state index in [0.717, 1.165) is 22.6 Å². The van der Waals surface area contributed by atoms with Crippen molar-refractivity contribution in [3.05, 3.63) is 23.3 Å². The lowest BCUT2D eigenvalue weighted by atomic mass is 10.1. The predicted octanol–water partition coefficient (Wildman–Crippen LogP) is 1.08. The molecule has 1 aromatic carbocycles. The maximum absolute atomic E-state index is 9.24. The number of hydrogen-bond donors (Lipinski definition) is 3. The first-order chi connectivity index (χ1) is 7.60. The summed E-state index contributed by atoms with van der Waals surface area (Å²) in [6, 6.07) is 3.79. The van der Waals surface area contributed by atoms with Crippen LogP contribution in [0.15, 0.2) is 12.1 Å². The molecule has 1 rings (SSSR count). The Kier molecular flexibility index (Phi) is 4.58. The lowest BCUT2D eigenvalue weighted by molar-refractivity contribution is 0.105. The zero-order valence-corrected chi connectivity index (χ0v) is 9.95. The molecule has 4 nitrogen and oxygen atoms in total. The van der Waals surface area contributed by atoms with Gasteiger partial charge in [0.05, 0.1) is 19.8 Å². The number of ether oxygens (including phenoxy) is 1. The number of rotatable bonds is 5. The van der Waals surface area contributed by atoms with Crippen molar-refractivity contribution in [3.63, 3.8) is 0 Å². The molecule has 0 heterocycles. The SMILES string of the molecule is COc1ccc(NCC(O)CO)c(C)c1C. The Morgan fingerprint density at radius 1 is 1.31 bits per heavy atom. The molecule has 1 unspecified atom stereocenters. The van der Waals surface area contributed by atoms with Crippen LogP contribution >= 0.6 is 0 Å². The van der Waals surface area contributed by atoms with Gasteiger partial charge in [0.2, 0.25) is 0 Å². The third-order valence-corrected chi connectivity index (χ3v) is 2.70. The van der Waals surface area contributed by atoms with Crippen molar-refractivity contribution < 1.29 is 14.9 Å². The third kappa shape index (κ3) is 2.87. The lowest BCUT2D eigenvalue weighted by Crippen LogP contribution is -2.23. The van der Waals surface area contributed by atoms with Crippen LogP contribution in [0.5, 0.6) is 5.75 Å². The van der Waals surface area contributed by atoms with Gasteiger partial charge in [-0.3, -0.25) is 0 Å². The number of nitrogens with one attached hydrogen (secondary N) is 1. The van der Waals surface area contributed by atoms with Gasteiger partial charge < -0.3 is 20.3 Å². The molecule has 0 aliphatic carbocycles. The number of anilines is 1. The molecule has 90 valence electrons. The van der Waals surface area contributed by atoms with E-state index in [0.29, 0.717) is 6.54 Å². The quantitative estimate of drug-likeness (QED) is 0.701. The van der Waals surface area contributed by atoms with Crippen molar-refractivity contribution >= 4 is 5.69 Å². The molecule has 16 heavy (non-hydrogen) atoms. The highest BCUT2D eigenvalue weighted by atomic mass is 16.5. The van der Waals surface area contributed by atoms with E-state index in [2.05, 4.69) is 5.32 Å². The van der Waals surface area contributed by atoms with E-state index < -0.39 is 6.10 Å². The van der Waals surface area contributed by atoms with E-state index >= 15 is 0 Å². The summed E-state index contributed by atoms with van der Waals surface area (Å²) in [5.41, 5.74) is 3.11. The average Bonchev–Trinajstić information content (AvgIpc) is 2.30. The normalized spacial score (nSPS) is 12.3. The zero-order chi connectivity index (χ0) is 12.1. The predicted molar refractivity (Wildman–Crippen MR) is 64.1 cm³/mol. The fourth-order valence-corrected chi connectivity index (χ4v) is 1.50. The highest BCUT2D eigenvalue weighted by Gasteiger charge is 2.07. The number of hydrogen-bond acceptors (Lipinski definition) is 4. The van der Waals surface area contributed by atoms with Crippen molar-refractivity contribution in [3.8, 4) is 5.75 Å². The van der Waals surface area contributed by atoms with Crippen LogP contribution in [0.3, 0.4) is 0 Å². The summed E-state index contributed by atoms with van der Waals surface area (Å²) in [6.07, 6.45) is -0.734. The first-order valence-electron chi connectivity index (χ1n) is 5.27. The van der Waals surface area contributed by atoms with Gasteiger partial charge in [-0.15, -0.1) is 0 Å². The van der Waals surface area contributed by atoms with E-state index in [1.165, 1.54) is 0 Å². The van der Waals surface area contributed by atoms with Gasteiger partial charge in [0, 0.05) is 12.2 Å². The van der Waals surface area contributed by atoms with Crippen molar-refractivity contribution in [1.82, 2.24) is 0 Å². The maximum atomic E-state index is 9.24. The molecule has 0 bridgehead atoms. The van der Waals surface area contributed by atoms with E-state index in [-0.39, 0.29) is 6.61 Å². The van der Waals surface area contributed by atoms with Gasteiger partial charge in [-0.1, -0.05) is 0 Å². The van der Waals surface area contributed by atoms with Gasteiger partial charge in [-0.25, -0.2) is 0 Å². The highest BCUT2D eigenvalue weighted by Crippen LogP contribution is 2.26. The number of benzene rings is 1. The van der Waals surface area contributed by atoms with Crippen molar-refractivity contribution in [2.24, 2.45) is 0 Å². The summed E-state index contributed by atoms with van der Waals surface area (Å²) in [6.45, 7) is 4.08. The van der Waals surface area contributed by atoms with Gasteiger partial charge in [0.1, 0.15) is 5.75 Å². The first-order valence-corrected chi connectivity index (χ1v) is 5.27. The smallest absolute Gasteiger partial charge is 0.122 e. The Morgan fingerprint density at radius 2 is 2.00 bits per heavy atom. The topological polar surface area (TPSA) is 61.7 Å². The largest absolute Gasteiger partial charge is 0.496 e. The molecule has 0 amide bonds. The lowest BCUT2D eigenvalue weighted by Gasteiger charge is -2.15. The van der Waals surface area contributed by atoms with Crippen molar-refractivity contribution in [1.29, 1.82) is 0 Å². The second-order valence-electron chi connectivity index (χ2n) is 3.78. The molecular weight excluding hydrogens is 206 g/mol. The molecule has 0 aliphatic rings. The minimum absolute atomic E-state index is 0.235.